The molecular formula is C23H23N3O2S. The fourth-order valence-corrected chi connectivity index (χ4v) is 4.41. The predicted octanol–water partition coefficient (Wildman–Crippen LogP) is 4.10. The summed E-state index contributed by atoms with van der Waals surface area (Å²) in [5.41, 5.74) is 5.12. The van der Waals surface area contributed by atoms with E-state index in [0.29, 0.717) is 13.1 Å². The van der Waals surface area contributed by atoms with Gasteiger partial charge in [0, 0.05) is 29.6 Å². The number of carbonyl (C=O) groups is 2. The van der Waals surface area contributed by atoms with E-state index in [-0.39, 0.29) is 24.2 Å². The minimum absolute atomic E-state index is 0.00972. The number of rotatable bonds is 5. The first kappa shape index (κ1) is 19.3. The molecule has 3 aromatic rings. The molecule has 5 nitrogen and oxygen atoms in total. The number of amides is 2. The van der Waals surface area contributed by atoms with Gasteiger partial charge in [-0.3, -0.25) is 9.59 Å². The average Bonchev–Trinajstić information content (AvgIpc) is 3.34. The van der Waals surface area contributed by atoms with Gasteiger partial charge in [-0.2, -0.15) is 0 Å². The van der Waals surface area contributed by atoms with Crippen molar-refractivity contribution in [2.75, 3.05) is 11.4 Å². The third-order valence-electron chi connectivity index (χ3n) is 5.21. The molecule has 1 aromatic heterocycles. The summed E-state index contributed by atoms with van der Waals surface area (Å²) in [5, 5.41) is 5.87. The molecule has 1 aliphatic rings. The summed E-state index contributed by atoms with van der Waals surface area (Å²) < 4.78 is 0. The number of hydrogen-bond acceptors (Lipinski definition) is 4. The van der Waals surface area contributed by atoms with E-state index < -0.39 is 0 Å². The van der Waals surface area contributed by atoms with Gasteiger partial charge in [0.05, 0.1) is 18.2 Å². The number of aryl methyl sites for hydroxylation is 2. The Hall–Kier alpha value is -2.99. The molecule has 2 aromatic carbocycles. The Morgan fingerprint density at radius 2 is 1.93 bits per heavy atom. The van der Waals surface area contributed by atoms with Crippen molar-refractivity contribution in [3.05, 3.63) is 70.7 Å². The monoisotopic (exact) mass is 405 g/mol. The standard InChI is InChI=1S/C23H23N3O2S/c1-15-7-9-19(10-8-15)26-13-17(11-21(26)27)22(28)24-12-18-14-29-23(25-18)20-6-4-3-5-16(20)2/h3-10,14,17H,11-13H2,1-2H3,(H,24,28). The third-order valence-corrected chi connectivity index (χ3v) is 6.14. The second kappa shape index (κ2) is 8.17. The highest BCUT2D eigenvalue weighted by molar-refractivity contribution is 7.13. The first-order valence-corrected chi connectivity index (χ1v) is 10.5. The summed E-state index contributed by atoms with van der Waals surface area (Å²) in [5.74, 6) is -0.443. The number of hydrogen-bond donors (Lipinski definition) is 1. The zero-order valence-corrected chi connectivity index (χ0v) is 17.3. The van der Waals surface area contributed by atoms with Crippen molar-refractivity contribution < 1.29 is 9.59 Å². The van der Waals surface area contributed by atoms with Crippen molar-refractivity contribution in [3.63, 3.8) is 0 Å². The topological polar surface area (TPSA) is 62.3 Å². The van der Waals surface area contributed by atoms with E-state index in [1.165, 1.54) is 5.56 Å². The summed E-state index contributed by atoms with van der Waals surface area (Å²) in [6, 6.07) is 15.9. The van der Waals surface area contributed by atoms with Gasteiger partial charge in [0.25, 0.3) is 0 Å². The molecule has 0 aliphatic carbocycles. The Bertz CT molecular complexity index is 1040. The summed E-state index contributed by atoms with van der Waals surface area (Å²) in [6.45, 7) is 4.86. The Balaban J connectivity index is 1.36. The van der Waals surface area contributed by atoms with E-state index in [0.717, 1.165) is 27.5 Å². The maximum atomic E-state index is 12.6. The fourth-order valence-electron chi connectivity index (χ4n) is 3.50. The van der Waals surface area contributed by atoms with Crippen molar-refractivity contribution >= 4 is 28.8 Å². The van der Waals surface area contributed by atoms with Crippen LogP contribution in [0, 0.1) is 19.8 Å². The average molecular weight is 406 g/mol. The molecular weight excluding hydrogens is 382 g/mol. The molecule has 6 heteroatoms. The molecule has 0 bridgehead atoms. The van der Waals surface area contributed by atoms with Gasteiger partial charge in [-0.25, -0.2) is 4.98 Å². The van der Waals surface area contributed by atoms with Crippen LogP contribution in [0.4, 0.5) is 5.69 Å². The highest BCUT2D eigenvalue weighted by atomic mass is 32.1. The Morgan fingerprint density at radius 3 is 2.69 bits per heavy atom. The lowest BCUT2D eigenvalue weighted by Gasteiger charge is -2.16. The fraction of sp³-hybridized carbons (Fsp3) is 0.261. The van der Waals surface area contributed by atoms with Crippen LogP contribution < -0.4 is 10.2 Å². The van der Waals surface area contributed by atoms with Crippen LogP contribution in [0.2, 0.25) is 0 Å². The molecule has 0 saturated carbocycles. The second-order valence-corrected chi connectivity index (χ2v) is 8.28. The minimum atomic E-state index is -0.335. The lowest BCUT2D eigenvalue weighted by Crippen LogP contribution is -2.32. The van der Waals surface area contributed by atoms with E-state index in [9.17, 15) is 9.59 Å². The van der Waals surface area contributed by atoms with Crippen LogP contribution in [-0.4, -0.2) is 23.3 Å². The van der Waals surface area contributed by atoms with E-state index in [4.69, 9.17) is 0 Å². The van der Waals surface area contributed by atoms with E-state index in [2.05, 4.69) is 29.4 Å². The predicted molar refractivity (Wildman–Crippen MR) is 116 cm³/mol. The Labute approximate surface area is 174 Å². The first-order valence-electron chi connectivity index (χ1n) is 9.66. The van der Waals surface area contributed by atoms with Crippen LogP contribution in [0.3, 0.4) is 0 Å². The highest BCUT2D eigenvalue weighted by Gasteiger charge is 2.35. The summed E-state index contributed by atoms with van der Waals surface area (Å²) in [6.07, 6.45) is 0.241. The Kier molecular flexibility index (Phi) is 5.45. The quantitative estimate of drug-likeness (QED) is 0.695. The van der Waals surface area contributed by atoms with Gasteiger partial charge in [0.15, 0.2) is 0 Å². The molecule has 1 N–H and O–H groups in total. The van der Waals surface area contributed by atoms with Crippen molar-refractivity contribution in [3.8, 4) is 10.6 Å². The number of carbonyl (C=O) groups excluding carboxylic acids is 2. The SMILES string of the molecule is Cc1ccc(N2CC(C(=O)NCc3csc(-c4ccccc4C)n3)CC2=O)cc1. The summed E-state index contributed by atoms with van der Waals surface area (Å²) in [4.78, 5) is 31.3. The third kappa shape index (κ3) is 4.22. The van der Waals surface area contributed by atoms with Crippen LogP contribution in [0.5, 0.6) is 0 Å². The molecule has 148 valence electrons. The van der Waals surface area contributed by atoms with Gasteiger partial charge in [-0.05, 0) is 31.5 Å². The largest absolute Gasteiger partial charge is 0.350 e. The summed E-state index contributed by atoms with van der Waals surface area (Å²) >= 11 is 1.58. The van der Waals surface area contributed by atoms with E-state index >= 15 is 0 Å². The van der Waals surface area contributed by atoms with Gasteiger partial charge >= 0.3 is 0 Å². The molecule has 1 fully saturated rings. The lowest BCUT2D eigenvalue weighted by atomic mass is 10.1. The lowest BCUT2D eigenvalue weighted by molar-refractivity contribution is -0.126. The number of nitrogens with one attached hydrogen (secondary N) is 1. The van der Waals surface area contributed by atoms with Crippen LogP contribution in [0.1, 0.15) is 23.2 Å². The van der Waals surface area contributed by atoms with Gasteiger partial charge < -0.3 is 10.2 Å². The second-order valence-electron chi connectivity index (χ2n) is 7.42. The van der Waals surface area contributed by atoms with Gasteiger partial charge in [0.2, 0.25) is 11.8 Å². The zero-order valence-electron chi connectivity index (χ0n) is 16.5. The van der Waals surface area contributed by atoms with Crippen molar-refractivity contribution in [2.45, 2.75) is 26.8 Å². The molecule has 0 spiro atoms. The van der Waals surface area contributed by atoms with Crippen molar-refractivity contribution in [2.24, 2.45) is 5.92 Å². The number of nitrogens with zero attached hydrogens (tertiary/aromatic N) is 2. The normalized spacial score (nSPS) is 16.3. The molecule has 1 saturated heterocycles. The van der Waals surface area contributed by atoms with Gasteiger partial charge in [-0.1, -0.05) is 42.0 Å². The smallest absolute Gasteiger partial charge is 0.227 e. The Morgan fingerprint density at radius 1 is 1.17 bits per heavy atom. The number of aromatic nitrogens is 1. The van der Waals surface area contributed by atoms with Crippen LogP contribution >= 0.6 is 11.3 Å². The summed E-state index contributed by atoms with van der Waals surface area (Å²) in [7, 11) is 0. The molecule has 2 amide bonds. The molecule has 1 atom stereocenters. The van der Waals surface area contributed by atoms with Crippen molar-refractivity contribution in [1.29, 1.82) is 0 Å². The van der Waals surface area contributed by atoms with E-state index in [1.54, 1.807) is 16.2 Å². The van der Waals surface area contributed by atoms with Crippen LogP contribution in [0.15, 0.2) is 53.9 Å². The van der Waals surface area contributed by atoms with Gasteiger partial charge in [0.1, 0.15) is 5.01 Å². The molecule has 1 unspecified atom stereocenters. The maximum absolute atomic E-state index is 12.6. The molecule has 0 radical (unpaired) electrons. The zero-order chi connectivity index (χ0) is 20.4. The molecule has 1 aliphatic heterocycles. The number of anilines is 1. The molecule has 4 rings (SSSR count). The highest BCUT2D eigenvalue weighted by Crippen LogP contribution is 2.27. The van der Waals surface area contributed by atoms with Crippen LogP contribution in [0.25, 0.3) is 10.6 Å². The van der Waals surface area contributed by atoms with Crippen LogP contribution in [-0.2, 0) is 16.1 Å². The number of thiazole rings is 1. The number of benzene rings is 2. The van der Waals surface area contributed by atoms with E-state index in [1.807, 2.05) is 48.7 Å². The van der Waals surface area contributed by atoms with Gasteiger partial charge in [-0.15, -0.1) is 11.3 Å². The van der Waals surface area contributed by atoms with Crippen molar-refractivity contribution in [1.82, 2.24) is 10.3 Å². The molecule has 2 heterocycles. The molecule has 29 heavy (non-hydrogen) atoms. The minimum Gasteiger partial charge on any atom is -0.350 e. The maximum Gasteiger partial charge on any atom is 0.227 e. The first-order chi connectivity index (χ1) is 14.0.